The molecule has 2 aliphatic heterocycles. The molecule has 2 atom stereocenters. The lowest BCUT2D eigenvalue weighted by atomic mass is 10.1. The highest BCUT2D eigenvalue weighted by atomic mass is 16.2. The molecule has 9 nitrogen and oxygen atoms in total. The van der Waals surface area contributed by atoms with Crippen molar-refractivity contribution in [2.24, 2.45) is 0 Å². The Morgan fingerprint density at radius 1 is 1.06 bits per heavy atom. The maximum Gasteiger partial charge on any atom is 0.255 e. The number of carbonyl (C=O) groups excluding carboxylic acids is 2. The van der Waals surface area contributed by atoms with Crippen LogP contribution < -0.4 is 10.6 Å². The normalized spacial score (nSPS) is 22.2. The predicted molar refractivity (Wildman–Crippen MR) is 133 cm³/mol. The van der Waals surface area contributed by atoms with Gasteiger partial charge in [-0.25, -0.2) is 9.97 Å². The smallest absolute Gasteiger partial charge is 0.255 e. The second kappa shape index (κ2) is 8.71. The van der Waals surface area contributed by atoms with Crippen LogP contribution in [0.5, 0.6) is 0 Å². The predicted octanol–water partition coefficient (Wildman–Crippen LogP) is 3.77. The van der Waals surface area contributed by atoms with Crippen molar-refractivity contribution in [2.45, 2.75) is 70.5 Å². The van der Waals surface area contributed by atoms with Gasteiger partial charge in [0, 0.05) is 49.7 Å². The second-order valence-corrected chi connectivity index (χ2v) is 10.2. The number of carbonyl (C=O) groups is 2. The number of rotatable bonds is 5. The lowest BCUT2D eigenvalue weighted by molar-refractivity contribution is 0.0696. The maximum atomic E-state index is 13.2. The molecule has 0 radical (unpaired) electrons. The van der Waals surface area contributed by atoms with E-state index in [1.165, 1.54) is 12.8 Å². The number of likely N-dealkylation sites (tertiary alicyclic amines) is 1. The van der Waals surface area contributed by atoms with Gasteiger partial charge < -0.3 is 20.1 Å². The molecular weight excluding hydrogens is 442 g/mol. The summed E-state index contributed by atoms with van der Waals surface area (Å²) >= 11 is 0. The SMILES string of the molecule is CC(=O)c1cc2cnc(Nc3ccc(C(=O)N4CC5CCC(C4)N5)c(C)n3)nc2n1C1CCCC1. The summed E-state index contributed by atoms with van der Waals surface area (Å²) in [7, 11) is 0. The largest absolute Gasteiger partial charge is 0.335 e. The molecule has 0 aromatic carbocycles. The van der Waals surface area contributed by atoms with E-state index in [9.17, 15) is 9.59 Å². The van der Waals surface area contributed by atoms with Gasteiger partial charge in [0.05, 0.1) is 17.0 Å². The minimum atomic E-state index is 0.0412. The van der Waals surface area contributed by atoms with Gasteiger partial charge in [0.25, 0.3) is 5.91 Å². The van der Waals surface area contributed by atoms with Gasteiger partial charge in [0.2, 0.25) is 5.95 Å². The summed E-state index contributed by atoms with van der Waals surface area (Å²) < 4.78 is 2.10. The number of hydrogen-bond donors (Lipinski definition) is 2. The number of aryl methyl sites for hydroxylation is 1. The van der Waals surface area contributed by atoms with Crippen LogP contribution in [0.1, 0.15) is 78.0 Å². The molecule has 182 valence electrons. The van der Waals surface area contributed by atoms with Gasteiger partial charge >= 0.3 is 0 Å². The molecule has 35 heavy (non-hydrogen) atoms. The van der Waals surface area contributed by atoms with E-state index < -0.39 is 0 Å². The molecular formula is C26H31N7O2. The first-order chi connectivity index (χ1) is 17.0. The topological polar surface area (TPSA) is 105 Å². The monoisotopic (exact) mass is 473 g/mol. The van der Waals surface area contributed by atoms with Crippen molar-refractivity contribution >= 4 is 34.5 Å². The quantitative estimate of drug-likeness (QED) is 0.544. The Hall–Kier alpha value is -3.33. The van der Waals surface area contributed by atoms with E-state index in [4.69, 9.17) is 4.98 Å². The molecule has 0 spiro atoms. The average Bonchev–Trinajstić information content (AvgIpc) is 3.57. The maximum absolute atomic E-state index is 13.2. The van der Waals surface area contributed by atoms with Gasteiger partial charge in [-0.3, -0.25) is 9.59 Å². The Balaban J connectivity index is 1.25. The Kier molecular flexibility index (Phi) is 5.51. The van der Waals surface area contributed by atoms with E-state index in [-0.39, 0.29) is 11.7 Å². The van der Waals surface area contributed by atoms with Crippen LogP contribution in [0.3, 0.4) is 0 Å². The Labute approximate surface area is 204 Å². The Morgan fingerprint density at radius 2 is 1.80 bits per heavy atom. The number of Topliss-reactive ketones (excluding diaryl/α,β-unsaturated/α-hetero) is 1. The number of nitrogens with zero attached hydrogens (tertiary/aromatic N) is 5. The molecule has 3 aromatic rings. The van der Waals surface area contributed by atoms with Crippen LogP contribution >= 0.6 is 0 Å². The van der Waals surface area contributed by atoms with Gasteiger partial charge in [-0.15, -0.1) is 0 Å². The minimum Gasteiger partial charge on any atom is -0.335 e. The van der Waals surface area contributed by atoms with Crippen molar-refractivity contribution in [1.29, 1.82) is 0 Å². The van der Waals surface area contributed by atoms with Crippen molar-refractivity contribution in [3.63, 3.8) is 0 Å². The average molecular weight is 474 g/mol. The standard InChI is InChI=1S/C26H31N7O2/c1-15-21(25(35)32-13-18-7-8-19(14-32)29-18)9-10-23(28-15)30-26-27-12-17-11-22(16(2)34)33(24(17)31-26)20-5-3-4-6-20/h9-12,18-20,29H,3-8,13-14H2,1-2H3,(H,27,28,30,31). The highest BCUT2D eigenvalue weighted by molar-refractivity contribution is 5.98. The summed E-state index contributed by atoms with van der Waals surface area (Å²) in [5.74, 6) is 1.10. The molecule has 1 saturated carbocycles. The van der Waals surface area contributed by atoms with E-state index in [2.05, 4.69) is 25.2 Å². The van der Waals surface area contributed by atoms with Crippen LogP contribution in [0.25, 0.3) is 11.0 Å². The first-order valence-electron chi connectivity index (χ1n) is 12.6. The fourth-order valence-corrected chi connectivity index (χ4v) is 5.98. The molecule has 2 unspecified atom stereocenters. The van der Waals surface area contributed by atoms with E-state index in [0.717, 1.165) is 49.8 Å². The molecule has 1 amide bonds. The fraction of sp³-hybridized carbons (Fsp3) is 0.500. The van der Waals surface area contributed by atoms with Crippen LogP contribution in [0, 0.1) is 6.92 Å². The summed E-state index contributed by atoms with van der Waals surface area (Å²) in [5.41, 5.74) is 2.78. The van der Waals surface area contributed by atoms with Gasteiger partial charge in [-0.1, -0.05) is 12.8 Å². The Bertz CT molecular complexity index is 1300. The fourth-order valence-electron chi connectivity index (χ4n) is 5.98. The number of pyridine rings is 1. The van der Waals surface area contributed by atoms with Crippen molar-refractivity contribution in [3.05, 3.63) is 41.3 Å². The van der Waals surface area contributed by atoms with E-state index >= 15 is 0 Å². The molecule has 2 bridgehead atoms. The summed E-state index contributed by atoms with van der Waals surface area (Å²) in [6.45, 7) is 4.98. The van der Waals surface area contributed by atoms with Crippen LogP contribution in [0.4, 0.5) is 11.8 Å². The number of aromatic nitrogens is 4. The van der Waals surface area contributed by atoms with Crippen LogP contribution in [0.2, 0.25) is 0 Å². The molecule has 6 rings (SSSR count). The third kappa shape index (κ3) is 4.07. The molecule has 2 saturated heterocycles. The zero-order chi connectivity index (χ0) is 24.1. The first kappa shape index (κ1) is 22.2. The minimum absolute atomic E-state index is 0.0412. The first-order valence-corrected chi connectivity index (χ1v) is 12.6. The molecule has 1 aliphatic carbocycles. The van der Waals surface area contributed by atoms with E-state index in [0.29, 0.717) is 46.8 Å². The van der Waals surface area contributed by atoms with Crippen molar-refractivity contribution < 1.29 is 9.59 Å². The lowest BCUT2D eigenvalue weighted by Gasteiger charge is -2.33. The number of ketones is 1. The molecule has 9 heteroatoms. The van der Waals surface area contributed by atoms with Crippen LogP contribution in [0.15, 0.2) is 24.4 Å². The van der Waals surface area contributed by atoms with Gasteiger partial charge in [0.1, 0.15) is 11.5 Å². The highest BCUT2D eigenvalue weighted by Gasteiger charge is 2.35. The highest BCUT2D eigenvalue weighted by Crippen LogP contribution is 2.34. The summed E-state index contributed by atoms with van der Waals surface area (Å²) in [5, 5.41) is 7.63. The zero-order valence-electron chi connectivity index (χ0n) is 20.3. The third-order valence-corrected chi connectivity index (χ3v) is 7.69. The number of amides is 1. The summed E-state index contributed by atoms with van der Waals surface area (Å²) in [4.78, 5) is 41.3. The van der Waals surface area contributed by atoms with Crippen molar-refractivity contribution in [2.75, 3.05) is 18.4 Å². The molecule has 3 aromatic heterocycles. The van der Waals surface area contributed by atoms with Crippen molar-refractivity contribution in [3.8, 4) is 0 Å². The van der Waals surface area contributed by atoms with E-state index in [1.807, 2.05) is 30.0 Å². The van der Waals surface area contributed by atoms with Crippen molar-refractivity contribution in [1.82, 2.24) is 29.7 Å². The third-order valence-electron chi connectivity index (χ3n) is 7.69. The van der Waals surface area contributed by atoms with Gasteiger partial charge in [0.15, 0.2) is 5.78 Å². The van der Waals surface area contributed by atoms with Crippen LogP contribution in [-0.2, 0) is 0 Å². The zero-order valence-corrected chi connectivity index (χ0v) is 20.3. The molecule has 2 N–H and O–H groups in total. The number of fused-ring (bicyclic) bond motifs is 3. The number of hydrogen-bond acceptors (Lipinski definition) is 7. The number of anilines is 2. The molecule has 5 heterocycles. The summed E-state index contributed by atoms with van der Waals surface area (Å²) in [6.07, 6.45) is 8.48. The molecule has 3 fully saturated rings. The lowest BCUT2D eigenvalue weighted by Crippen LogP contribution is -2.53. The van der Waals surface area contributed by atoms with Crippen LogP contribution in [-0.4, -0.2) is 61.3 Å². The second-order valence-electron chi connectivity index (χ2n) is 10.2. The number of piperazine rings is 1. The summed E-state index contributed by atoms with van der Waals surface area (Å²) in [6, 6.07) is 6.65. The Morgan fingerprint density at radius 3 is 2.49 bits per heavy atom. The van der Waals surface area contributed by atoms with Gasteiger partial charge in [-0.2, -0.15) is 4.98 Å². The van der Waals surface area contributed by atoms with Gasteiger partial charge in [-0.05, 0) is 50.8 Å². The molecule has 3 aliphatic rings. The number of nitrogens with one attached hydrogen (secondary N) is 2. The van der Waals surface area contributed by atoms with E-state index in [1.54, 1.807) is 13.1 Å².